The number of nitrogens with one attached hydrogen (secondary N) is 1. The van der Waals surface area contributed by atoms with Crippen LogP contribution in [-0.4, -0.2) is 35.9 Å². The zero-order valence-electron chi connectivity index (χ0n) is 12.7. The van der Waals surface area contributed by atoms with Crippen molar-refractivity contribution in [3.63, 3.8) is 0 Å². The molecule has 114 valence electrons. The minimum atomic E-state index is 0.0152. The molecule has 0 radical (unpaired) electrons. The van der Waals surface area contributed by atoms with Crippen LogP contribution < -0.4 is 11.1 Å². The number of carbonyl (C=O) groups excluding carboxylic acids is 1. The quantitative estimate of drug-likeness (QED) is 0.721. The second-order valence-corrected chi connectivity index (χ2v) is 5.74. The van der Waals surface area contributed by atoms with E-state index in [1.54, 1.807) is 18.0 Å². The minimum absolute atomic E-state index is 0.0152. The summed E-state index contributed by atoms with van der Waals surface area (Å²) in [5, 5.41) is 7.01. The highest BCUT2D eigenvalue weighted by atomic mass is 16.5. The number of ether oxygens (including phenoxy) is 1. The van der Waals surface area contributed by atoms with Crippen molar-refractivity contribution >= 4 is 11.6 Å². The van der Waals surface area contributed by atoms with Crippen molar-refractivity contribution in [1.82, 2.24) is 9.78 Å². The van der Waals surface area contributed by atoms with E-state index in [1.807, 2.05) is 6.20 Å². The Morgan fingerprint density at radius 2 is 2.25 bits per heavy atom. The van der Waals surface area contributed by atoms with Gasteiger partial charge in [0.1, 0.15) is 0 Å². The van der Waals surface area contributed by atoms with Gasteiger partial charge in [0.05, 0.1) is 25.0 Å². The van der Waals surface area contributed by atoms with Crippen LogP contribution in [0.2, 0.25) is 0 Å². The molecule has 0 spiro atoms. The Kier molecular flexibility index (Phi) is 6.67. The summed E-state index contributed by atoms with van der Waals surface area (Å²) >= 11 is 0. The van der Waals surface area contributed by atoms with E-state index in [1.165, 1.54) is 0 Å². The summed E-state index contributed by atoms with van der Waals surface area (Å²) in [6, 6.07) is 0. The van der Waals surface area contributed by atoms with E-state index in [0.717, 1.165) is 18.5 Å². The summed E-state index contributed by atoms with van der Waals surface area (Å²) in [5.41, 5.74) is 6.40. The molecule has 1 aromatic heterocycles. The summed E-state index contributed by atoms with van der Waals surface area (Å²) in [5.74, 6) is 0.0152. The first-order chi connectivity index (χ1) is 9.46. The van der Waals surface area contributed by atoms with Gasteiger partial charge in [0.15, 0.2) is 0 Å². The third kappa shape index (κ3) is 6.16. The van der Waals surface area contributed by atoms with Crippen molar-refractivity contribution in [1.29, 1.82) is 0 Å². The highest BCUT2D eigenvalue weighted by Gasteiger charge is 2.18. The zero-order valence-corrected chi connectivity index (χ0v) is 12.7. The maximum Gasteiger partial charge on any atom is 0.224 e. The number of amides is 1. The number of hydrogen-bond acceptors (Lipinski definition) is 4. The zero-order chi connectivity index (χ0) is 15.0. The number of methoxy groups -OCH3 is 1. The molecule has 0 saturated carbocycles. The molecule has 20 heavy (non-hydrogen) atoms. The Bertz CT molecular complexity index is 415. The number of aromatic nitrogens is 2. The van der Waals surface area contributed by atoms with Gasteiger partial charge in [0.25, 0.3) is 0 Å². The molecule has 6 nitrogen and oxygen atoms in total. The SMILES string of the molecule is COCCn1cc(NC(=O)CCC(C)(C)CCN)cn1. The van der Waals surface area contributed by atoms with E-state index in [2.05, 4.69) is 24.3 Å². The molecule has 0 fully saturated rings. The molecule has 0 aliphatic carbocycles. The highest BCUT2D eigenvalue weighted by molar-refractivity contribution is 5.90. The van der Waals surface area contributed by atoms with Crippen LogP contribution in [0.3, 0.4) is 0 Å². The van der Waals surface area contributed by atoms with Crippen LogP contribution in [0.4, 0.5) is 5.69 Å². The van der Waals surface area contributed by atoms with E-state index >= 15 is 0 Å². The second kappa shape index (κ2) is 8.01. The molecular formula is C14H26N4O2. The Balaban J connectivity index is 2.36. The van der Waals surface area contributed by atoms with Crippen LogP contribution in [0.5, 0.6) is 0 Å². The molecule has 1 heterocycles. The summed E-state index contributed by atoms with van der Waals surface area (Å²) < 4.78 is 6.72. The Labute approximate surface area is 120 Å². The number of rotatable bonds is 9. The van der Waals surface area contributed by atoms with Crippen molar-refractivity contribution in [2.75, 3.05) is 25.6 Å². The normalized spacial score (nSPS) is 11.6. The molecule has 0 saturated heterocycles. The highest BCUT2D eigenvalue weighted by Crippen LogP contribution is 2.26. The van der Waals surface area contributed by atoms with Gasteiger partial charge in [-0.05, 0) is 24.8 Å². The van der Waals surface area contributed by atoms with Gasteiger partial charge >= 0.3 is 0 Å². The lowest BCUT2D eigenvalue weighted by Gasteiger charge is -2.23. The van der Waals surface area contributed by atoms with E-state index in [-0.39, 0.29) is 11.3 Å². The predicted molar refractivity (Wildman–Crippen MR) is 79.4 cm³/mol. The summed E-state index contributed by atoms with van der Waals surface area (Å²) in [4.78, 5) is 11.9. The fourth-order valence-corrected chi connectivity index (χ4v) is 1.93. The molecule has 1 rings (SSSR count). The number of nitrogens with two attached hydrogens (primary N) is 1. The number of hydrogen-bond donors (Lipinski definition) is 2. The molecule has 1 amide bonds. The number of carbonyl (C=O) groups is 1. The van der Waals surface area contributed by atoms with Gasteiger partial charge in [-0.1, -0.05) is 13.8 Å². The molecule has 0 unspecified atom stereocenters. The van der Waals surface area contributed by atoms with Crippen molar-refractivity contribution in [3.05, 3.63) is 12.4 Å². The molecule has 0 bridgehead atoms. The van der Waals surface area contributed by atoms with Gasteiger partial charge in [0, 0.05) is 19.7 Å². The average Bonchev–Trinajstić information content (AvgIpc) is 2.82. The Hall–Kier alpha value is -1.40. The summed E-state index contributed by atoms with van der Waals surface area (Å²) in [6.07, 6.45) is 5.71. The standard InChI is InChI=1S/C14H26N4O2/c1-14(2,6-7-15)5-4-13(19)17-12-10-16-18(11-12)8-9-20-3/h10-11H,4-9,15H2,1-3H3,(H,17,19). The molecule has 0 aromatic carbocycles. The molecule has 0 aliphatic rings. The van der Waals surface area contributed by atoms with E-state index in [0.29, 0.717) is 26.1 Å². The van der Waals surface area contributed by atoms with Crippen molar-refractivity contribution < 1.29 is 9.53 Å². The van der Waals surface area contributed by atoms with Gasteiger partial charge in [-0.3, -0.25) is 9.48 Å². The second-order valence-electron chi connectivity index (χ2n) is 5.74. The minimum Gasteiger partial charge on any atom is -0.383 e. The van der Waals surface area contributed by atoms with Gasteiger partial charge < -0.3 is 15.8 Å². The van der Waals surface area contributed by atoms with E-state index in [9.17, 15) is 4.79 Å². The predicted octanol–water partition coefficient (Wildman–Crippen LogP) is 1.62. The maximum absolute atomic E-state index is 11.9. The average molecular weight is 282 g/mol. The van der Waals surface area contributed by atoms with Crippen molar-refractivity contribution in [2.45, 2.75) is 39.7 Å². The smallest absolute Gasteiger partial charge is 0.224 e. The first kappa shape index (κ1) is 16.7. The molecule has 0 aliphatic heterocycles. The Morgan fingerprint density at radius 3 is 2.90 bits per heavy atom. The van der Waals surface area contributed by atoms with Crippen LogP contribution >= 0.6 is 0 Å². The van der Waals surface area contributed by atoms with E-state index < -0.39 is 0 Å². The maximum atomic E-state index is 11.9. The van der Waals surface area contributed by atoms with Crippen LogP contribution in [0.15, 0.2) is 12.4 Å². The van der Waals surface area contributed by atoms with Gasteiger partial charge in [-0.2, -0.15) is 5.10 Å². The first-order valence-electron chi connectivity index (χ1n) is 6.98. The molecule has 0 atom stereocenters. The molecule has 1 aromatic rings. The van der Waals surface area contributed by atoms with E-state index in [4.69, 9.17) is 10.5 Å². The fraction of sp³-hybridized carbons (Fsp3) is 0.714. The number of anilines is 1. The first-order valence-corrected chi connectivity index (χ1v) is 6.98. The summed E-state index contributed by atoms with van der Waals surface area (Å²) in [7, 11) is 1.65. The lowest BCUT2D eigenvalue weighted by Crippen LogP contribution is -2.20. The van der Waals surface area contributed by atoms with Crippen molar-refractivity contribution in [2.24, 2.45) is 11.1 Å². The van der Waals surface area contributed by atoms with Crippen LogP contribution in [0, 0.1) is 5.41 Å². The largest absolute Gasteiger partial charge is 0.383 e. The lowest BCUT2D eigenvalue weighted by atomic mass is 9.84. The van der Waals surface area contributed by atoms with Gasteiger partial charge in [-0.25, -0.2) is 0 Å². The number of nitrogens with zero attached hydrogens (tertiary/aromatic N) is 2. The Morgan fingerprint density at radius 1 is 1.50 bits per heavy atom. The monoisotopic (exact) mass is 282 g/mol. The molecule has 6 heteroatoms. The third-order valence-corrected chi connectivity index (χ3v) is 3.29. The van der Waals surface area contributed by atoms with Gasteiger partial charge in [-0.15, -0.1) is 0 Å². The van der Waals surface area contributed by atoms with Crippen molar-refractivity contribution in [3.8, 4) is 0 Å². The third-order valence-electron chi connectivity index (χ3n) is 3.29. The molecule has 3 N–H and O–H groups in total. The van der Waals surface area contributed by atoms with Crippen LogP contribution in [0.25, 0.3) is 0 Å². The fourth-order valence-electron chi connectivity index (χ4n) is 1.93. The van der Waals surface area contributed by atoms with Crippen LogP contribution in [0.1, 0.15) is 33.1 Å². The summed E-state index contributed by atoms with van der Waals surface area (Å²) in [6.45, 7) is 6.20. The topological polar surface area (TPSA) is 82.2 Å². The molecular weight excluding hydrogens is 256 g/mol. The van der Waals surface area contributed by atoms with Crippen LogP contribution in [-0.2, 0) is 16.1 Å². The lowest BCUT2D eigenvalue weighted by molar-refractivity contribution is -0.116. The van der Waals surface area contributed by atoms with Gasteiger partial charge in [0.2, 0.25) is 5.91 Å².